The van der Waals surface area contributed by atoms with Crippen molar-refractivity contribution in [2.45, 2.75) is 51.5 Å². The van der Waals surface area contributed by atoms with Crippen molar-refractivity contribution in [3.05, 3.63) is 18.5 Å². The van der Waals surface area contributed by atoms with Crippen LogP contribution in [0.2, 0.25) is 0 Å². The summed E-state index contributed by atoms with van der Waals surface area (Å²) in [7, 11) is 0. The highest BCUT2D eigenvalue weighted by Crippen LogP contribution is 2.08. The Morgan fingerprint density at radius 2 is 1.60 bits per heavy atom. The molecule has 0 fully saturated rings. The lowest BCUT2D eigenvalue weighted by Gasteiger charge is -2.02. The Labute approximate surface area is 98.5 Å². The molecule has 1 aromatic rings. The van der Waals surface area contributed by atoms with Gasteiger partial charge >= 0.3 is 0 Å². The van der Waals surface area contributed by atoms with Crippen LogP contribution in [0.15, 0.2) is 18.5 Å². The molecule has 15 heavy (non-hydrogen) atoms. The van der Waals surface area contributed by atoms with Gasteiger partial charge in [0, 0.05) is 18.9 Å². The van der Waals surface area contributed by atoms with Gasteiger partial charge in [0.1, 0.15) is 0 Å². The third-order valence-electron chi connectivity index (χ3n) is 2.60. The Morgan fingerprint density at radius 1 is 0.933 bits per heavy atom. The first-order valence-electron chi connectivity index (χ1n) is 6.02. The van der Waals surface area contributed by atoms with Gasteiger partial charge < -0.3 is 0 Å². The fourth-order valence-electron chi connectivity index (χ4n) is 1.70. The molecule has 1 aromatic heterocycles. The molecule has 0 radical (unpaired) electrons. The summed E-state index contributed by atoms with van der Waals surface area (Å²) in [5.74, 6) is 1.04. The van der Waals surface area contributed by atoms with E-state index in [0.29, 0.717) is 0 Å². The van der Waals surface area contributed by atoms with Crippen molar-refractivity contribution < 1.29 is 0 Å². The fraction of sp³-hybridized carbons (Fsp3) is 0.750. The summed E-state index contributed by atoms with van der Waals surface area (Å²) < 4.78 is 2.01. The molecule has 0 saturated carbocycles. The lowest BCUT2D eigenvalue weighted by atomic mass is 10.1. The molecule has 0 aromatic carbocycles. The molecule has 0 atom stereocenters. The molecule has 0 amide bonds. The maximum atomic E-state index is 4.20. The second-order valence-corrected chi connectivity index (χ2v) is 4.41. The Kier molecular flexibility index (Phi) is 7.44. The molecule has 0 aliphatic carbocycles. The minimum Gasteiger partial charge on any atom is -0.273 e. The minimum absolute atomic E-state index is 1.04. The van der Waals surface area contributed by atoms with Crippen molar-refractivity contribution in [3.8, 4) is 0 Å². The smallest absolute Gasteiger partial charge is 0.0489 e. The van der Waals surface area contributed by atoms with E-state index in [4.69, 9.17) is 0 Å². The van der Waals surface area contributed by atoms with E-state index in [1.54, 1.807) is 0 Å². The second kappa shape index (κ2) is 8.84. The topological polar surface area (TPSA) is 17.8 Å². The molecule has 0 N–H and O–H groups in total. The molecule has 86 valence electrons. The average Bonchev–Trinajstić information content (AvgIpc) is 2.75. The maximum Gasteiger partial charge on any atom is 0.0489 e. The summed E-state index contributed by atoms with van der Waals surface area (Å²) in [6, 6.07) is 1.98. The zero-order chi connectivity index (χ0) is 10.8. The summed E-state index contributed by atoms with van der Waals surface area (Å²) in [4.78, 5) is 0. The van der Waals surface area contributed by atoms with Crippen molar-refractivity contribution in [2.24, 2.45) is 0 Å². The first kappa shape index (κ1) is 12.6. The molecule has 3 heteroatoms. The largest absolute Gasteiger partial charge is 0.273 e. The normalized spacial score (nSPS) is 10.7. The van der Waals surface area contributed by atoms with Gasteiger partial charge in [-0.1, -0.05) is 32.1 Å². The predicted molar refractivity (Wildman–Crippen MR) is 68.4 cm³/mol. The highest BCUT2D eigenvalue weighted by Gasteiger charge is 1.92. The molecule has 0 bridgehead atoms. The number of unbranched alkanes of at least 4 members (excludes halogenated alkanes) is 6. The van der Waals surface area contributed by atoms with E-state index in [1.807, 2.05) is 23.1 Å². The average molecular weight is 226 g/mol. The first-order valence-corrected chi connectivity index (χ1v) is 6.65. The van der Waals surface area contributed by atoms with Crippen molar-refractivity contribution in [2.75, 3.05) is 5.75 Å². The third-order valence-corrected chi connectivity index (χ3v) is 2.92. The Hall–Kier alpha value is -0.440. The Bertz CT molecular complexity index is 222. The van der Waals surface area contributed by atoms with Crippen LogP contribution in [0, 0.1) is 0 Å². The third kappa shape index (κ3) is 6.61. The van der Waals surface area contributed by atoms with Crippen LogP contribution in [-0.4, -0.2) is 15.5 Å². The highest BCUT2D eigenvalue weighted by atomic mass is 32.1. The SMILES string of the molecule is SCCCCCCCCCn1cccn1. The number of aromatic nitrogens is 2. The van der Waals surface area contributed by atoms with Crippen LogP contribution in [0.1, 0.15) is 44.9 Å². The highest BCUT2D eigenvalue weighted by molar-refractivity contribution is 7.80. The van der Waals surface area contributed by atoms with Gasteiger partial charge in [-0.15, -0.1) is 0 Å². The quantitative estimate of drug-likeness (QED) is 0.503. The molecule has 1 rings (SSSR count). The summed E-state index contributed by atoms with van der Waals surface area (Å²) in [5, 5.41) is 4.18. The van der Waals surface area contributed by atoms with Gasteiger partial charge in [-0.2, -0.15) is 17.7 Å². The van der Waals surface area contributed by atoms with Gasteiger partial charge in [-0.05, 0) is 24.7 Å². The van der Waals surface area contributed by atoms with Crippen LogP contribution >= 0.6 is 12.6 Å². The number of rotatable bonds is 9. The Balaban J connectivity index is 1.81. The van der Waals surface area contributed by atoms with Gasteiger partial charge in [0.05, 0.1) is 0 Å². The molecular formula is C12H22N2S. The fourth-order valence-corrected chi connectivity index (χ4v) is 1.93. The number of nitrogens with zero attached hydrogens (tertiary/aromatic N) is 2. The van der Waals surface area contributed by atoms with Crippen molar-refractivity contribution in [3.63, 3.8) is 0 Å². The van der Waals surface area contributed by atoms with Gasteiger partial charge in [-0.25, -0.2) is 0 Å². The van der Waals surface area contributed by atoms with Crippen LogP contribution in [0.25, 0.3) is 0 Å². The first-order chi connectivity index (χ1) is 7.43. The second-order valence-electron chi connectivity index (χ2n) is 3.97. The van der Waals surface area contributed by atoms with Crippen LogP contribution in [0.4, 0.5) is 0 Å². The van der Waals surface area contributed by atoms with Gasteiger partial charge in [0.15, 0.2) is 0 Å². The van der Waals surface area contributed by atoms with E-state index in [2.05, 4.69) is 17.7 Å². The van der Waals surface area contributed by atoms with Crippen LogP contribution < -0.4 is 0 Å². The van der Waals surface area contributed by atoms with E-state index in [1.165, 1.54) is 44.9 Å². The Morgan fingerprint density at radius 3 is 2.20 bits per heavy atom. The molecule has 1 heterocycles. The lowest BCUT2D eigenvalue weighted by molar-refractivity contribution is 0.523. The molecular weight excluding hydrogens is 204 g/mol. The van der Waals surface area contributed by atoms with Crippen LogP contribution in [-0.2, 0) is 6.54 Å². The van der Waals surface area contributed by atoms with E-state index >= 15 is 0 Å². The number of thiol groups is 1. The zero-order valence-corrected chi connectivity index (χ0v) is 10.3. The summed E-state index contributed by atoms with van der Waals surface area (Å²) in [5.41, 5.74) is 0. The monoisotopic (exact) mass is 226 g/mol. The molecule has 0 aliphatic heterocycles. The maximum absolute atomic E-state index is 4.20. The van der Waals surface area contributed by atoms with E-state index in [-0.39, 0.29) is 0 Å². The summed E-state index contributed by atoms with van der Waals surface area (Å²) >= 11 is 4.20. The van der Waals surface area contributed by atoms with Gasteiger partial charge in [0.2, 0.25) is 0 Å². The van der Waals surface area contributed by atoms with Crippen molar-refractivity contribution >= 4 is 12.6 Å². The number of hydrogen-bond acceptors (Lipinski definition) is 2. The lowest BCUT2D eigenvalue weighted by Crippen LogP contribution is -1.97. The van der Waals surface area contributed by atoms with Crippen molar-refractivity contribution in [1.29, 1.82) is 0 Å². The summed E-state index contributed by atoms with van der Waals surface area (Å²) in [6.07, 6.45) is 13.2. The molecule has 0 unspecified atom stereocenters. The standard InChI is InChI=1S/C12H22N2S/c15-12-7-5-3-1-2-4-6-10-14-11-8-9-13-14/h8-9,11,15H,1-7,10,12H2. The molecule has 0 aliphatic rings. The van der Waals surface area contributed by atoms with E-state index in [0.717, 1.165) is 12.3 Å². The molecule has 0 spiro atoms. The van der Waals surface area contributed by atoms with Crippen molar-refractivity contribution in [1.82, 2.24) is 9.78 Å². The summed E-state index contributed by atoms with van der Waals surface area (Å²) in [6.45, 7) is 1.07. The van der Waals surface area contributed by atoms with Gasteiger partial charge in [-0.3, -0.25) is 4.68 Å². The van der Waals surface area contributed by atoms with Gasteiger partial charge in [0.25, 0.3) is 0 Å². The van der Waals surface area contributed by atoms with Crippen LogP contribution in [0.3, 0.4) is 0 Å². The number of aryl methyl sites for hydroxylation is 1. The predicted octanol–water partition coefficient (Wildman–Crippen LogP) is 3.54. The minimum atomic E-state index is 1.04. The van der Waals surface area contributed by atoms with Crippen LogP contribution in [0.5, 0.6) is 0 Å². The van der Waals surface area contributed by atoms with E-state index in [9.17, 15) is 0 Å². The van der Waals surface area contributed by atoms with E-state index < -0.39 is 0 Å². The number of hydrogen-bond donors (Lipinski definition) is 1. The zero-order valence-electron chi connectivity index (χ0n) is 9.44. The molecule has 2 nitrogen and oxygen atoms in total. The molecule has 0 saturated heterocycles.